The van der Waals surface area contributed by atoms with Gasteiger partial charge < -0.3 is 5.32 Å². The van der Waals surface area contributed by atoms with E-state index in [0.717, 1.165) is 5.56 Å². The molecule has 1 heterocycles. The summed E-state index contributed by atoms with van der Waals surface area (Å²) >= 11 is 0. The highest BCUT2D eigenvalue weighted by Gasteiger charge is 2.48. The molecule has 0 spiro atoms. The number of anilines is 1. The first-order chi connectivity index (χ1) is 9.86. The van der Waals surface area contributed by atoms with Crippen LogP contribution in [0.5, 0.6) is 0 Å². The third-order valence-corrected chi connectivity index (χ3v) is 4.33. The first kappa shape index (κ1) is 15.5. The zero-order chi connectivity index (χ0) is 15.8. The molecule has 1 aromatic carbocycles. The number of amides is 2. The predicted molar refractivity (Wildman–Crippen MR) is 79.5 cm³/mol. The zero-order valence-electron chi connectivity index (χ0n) is 12.9. The number of aryl methyl sites for hydroxylation is 1. The van der Waals surface area contributed by atoms with Crippen LogP contribution in [0, 0.1) is 12.7 Å². The second-order valence-electron chi connectivity index (χ2n) is 5.58. The van der Waals surface area contributed by atoms with E-state index in [2.05, 4.69) is 5.32 Å². The van der Waals surface area contributed by atoms with Gasteiger partial charge in [0.2, 0.25) is 5.91 Å². The van der Waals surface area contributed by atoms with E-state index in [1.807, 2.05) is 20.8 Å². The number of rotatable bonds is 3. The van der Waals surface area contributed by atoms with Gasteiger partial charge in [-0.3, -0.25) is 14.5 Å². The summed E-state index contributed by atoms with van der Waals surface area (Å²) in [6, 6.07) is 3.86. The van der Waals surface area contributed by atoms with Crippen LogP contribution in [0.25, 0.3) is 0 Å². The summed E-state index contributed by atoms with van der Waals surface area (Å²) in [6.45, 7) is 7.14. The number of carbonyl (C=O) groups is 2. The Balaban J connectivity index is 2.56. The molecule has 1 aliphatic heterocycles. The van der Waals surface area contributed by atoms with Gasteiger partial charge in [0, 0.05) is 0 Å². The predicted octanol–water partition coefficient (Wildman–Crippen LogP) is 2.54. The smallest absolute Gasteiger partial charge is 0.253 e. The average Bonchev–Trinajstić information content (AvgIpc) is 2.47. The Bertz CT molecular complexity index is 582. The van der Waals surface area contributed by atoms with Crippen LogP contribution in [0.4, 0.5) is 10.1 Å². The Morgan fingerprint density at radius 1 is 1.29 bits per heavy atom. The lowest BCUT2D eigenvalue weighted by atomic mass is 9.87. The van der Waals surface area contributed by atoms with Crippen molar-refractivity contribution in [3.63, 3.8) is 0 Å². The molecule has 4 nitrogen and oxygen atoms in total. The summed E-state index contributed by atoms with van der Waals surface area (Å²) in [7, 11) is 0. The SMILES string of the molecule is CCC1(CC)NC(=O)C(C)N(c2cc(C)ccc2F)C1=O. The molecular formula is C16H21FN2O2. The van der Waals surface area contributed by atoms with Crippen LogP contribution in [0.1, 0.15) is 39.2 Å². The van der Waals surface area contributed by atoms with Crippen molar-refractivity contribution in [2.75, 3.05) is 4.90 Å². The van der Waals surface area contributed by atoms with Gasteiger partial charge in [0.15, 0.2) is 0 Å². The van der Waals surface area contributed by atoms with Gasteiger partial charge in [-0.2, -0.15) is 0 Å². The number of benzene rings is 1. The summed E-state index contributed by atoms with van der Waals surface area (Å²) in [5.41, 5.74) is 0.0735. The van der Waals surface area contributed by atoms with E-state index < -0.39 is 17.4 Å². The van der Waals surface area contributed by atoms with Gasteiger partial charge in [-0.1, -0.05) is 19.9 Å². The molecule has 114 valence electrons. The summed E-state index contributed by atoms with van der Waals surface area (Å²) in [5, 5.41) is 2.81. The fourth-order valence-corrected chi connectivity index (χ4v) is 2.77. The van der Waals surface area contributed by atoms with E-state index in [1.54, 1.807) is 19.1 Å². The van der Waals surface area contributed by atoms with Crippen molar-refractivity contribution in [2.24, 2.45) is 0 Å². The Kier molecular flexibility index (Phi) is 4.03. The maximum absolute atomic E-state index is 14.2. The van der Waals surface area contributed by atoms with Crippen molar-refractivity contribution in [1.29, 1.82) is 0 Å². The molecular weight excluding hydrogens is 271 g/mol. The molecule has 2 amide bonds. The van der Waals surface area contributed by atoms with Crippen LogP contribution in [0.3, 0.4) is 0 Å². The molecule has 0 radical (unpaired) electrons. The lowest BCUT2D eigenvalue weighted by Gasteiger charge is -2.44. The van der Waals surface area contributed by atoms with Crippen molar-refractivity contribution >= 4 is 17.5 Å². The average molecular weight is 292 g/mol. The number of halogens is 1. The summed E-state index contributed by atoms with van der Waals surface area (Å²) in [4.78, 5) is 26.4. The highest BCUT2D eigenvalue weighted by molar-refractivity contribution is 6.10. The number of piperazine rings is 1. The number of hydrogen-bond acceptors (Lipinski definition) is 2. The monoisotopic (exact) mass is 292 g/mol. The second kappa shape index (κ2) is 5.47. The highest BCUT2D eigenvalue weighted by atomic mass is 19.1. The van der Waals surface area contributed by atoms with Crippen molar-refractivity contribution in [2.45, 2.75) is 52.1 Å². The standard InChI is InChI=1S/C16H21FN2O2/c1-5-16(6-2)15(21)19(11(4)14(20)18-16)13-9-10(3)7-8-12(13)17/h7-9,11H,5-6H2,1-4H3,(H,18,20). The summed E-state index contributed by atoms with van der Waals surface area (Å²) in [5.74, 6) is -0.986. The van der Waals surface area contributed by atoms with Crippen LogP contribution in [0.15, 0.2) is 18.2 Å². The third-order valence-electron chi connectivity index (χ3n) is 4.33. The van der Waals surface area contributed by atoms with Crippen LogP contribution in [-0.4, -0.2) is 23.4 Å². The molecule has 1 atom stereocenters. The summed E-state index contributed by atoms with van der Waals surface area (Å²) in [6.07, 6.45) is 0.954. The molecule has 0 saturated carbocycles. The minimum atomic E-state index is -0.945. The minimum Gasteiger partial charge on any atom is -0.340 e. The largest absolute Gasteiger partial charge is 0.340 e. The first-order valence-electron chi connectivity index (χ1n) is 7.28. The maximum atomic E-state index is 14.2. The topological polar surface area (TPSA) is 49.4 Å². The highest BCUT2D eigenvalue weighted by Crippen LogP contribution is 2.31. The molecule has 1 aliphatic rings. The van der Waals surface area contributed by atoms with E-state index in [1.165, 1.54) is 11.0 Å². The fraction of sp³-hybridized carbons (Fsp3) is 0.500. The molecule has 2 rings (SSSR count). The number of nitrogens with zero attached hydrogens (tertiary/aromatic N) is 1. The van der Waals surface area contributed by atoms with Crippen LogP contribution >= 0.6 is 0 Å². The molecule has 5 heteroatoms. The van der Waals surface area contributed by atoms with Gasteiger partial charge in [-0.25, -0.2) is 4.39 Å². The quantitative estimate of drug-likeness (QED) is 0.930. The van der Waals surface area contributed by atoms with Crippen molar-refractivity contribution in [1.82, 2.24) is 5.32 Å². The summed E-state index contributed by atoms with van der Waals surface area (Å²) < 4.78 is 14.2. The maximum Gasteiger partial charge on any atom is 0.253 e. The van der Waals surface area contributed by atoms with Gasteiger partial charge in [0.05, 0.1) is 5.69 Å². The molecule has 1 fully saturated rings. The number of hydrogen-bond donors (Lipinski definition) is 1. The Morgan fingerprint density at radius 3 is 2.48 bits per heavy atom. The zero-order valence-corrected chi connectivity index (χ0v) is 12.9. The van der Waals surface area contributed by atoms with Gasteiger partial charge in [0.1, 0.15) is 17.4 Å². The Morgan fingerprint density at radius 2 is 1.90 bits per heavy atom. The third kappa shape index (κ3) is 2.41. The van der Waals surface area contributed by atoms with Crippen molar-refractivity contribution < 1.29 is 14.0 Å². The molecule has 0 bridgehead atoms. The van der Waals surface area contributed by atoms with Gasteiger partial charge >= 0.3 is 0 Å². The molecule has 1 N–H and O–H groups in total. The fourth-order valence-electron chi connectivity index (χ4n) is 2.77. The van der Waals surface area contributed by atoms with Crippen LogP contribution in [-0.2, 0) is 9.59 Å². The Labute approximate surface area is 124 Å². The normalized spacial score (nSPS) is 21.4. The van der Waals surface area contributed by atoms with E-state index in [9.17, 15) is 14.0 Å². The number of carbonyl (C=O) groups excluding carboxylic acids is 2. The van der Waals surface area contributed by atoms with Crippen molar-refractivity contribution in [3.8, 4) is 0 Å². The van der Waals surface area contributed by atoms with E-state index in [4.69, 9.17) is 0 Å². The van der Waals surface area contributed by atoms with Crippen LogP contribution < -0.4 is 10.2 Å². The van der Waals surface area contributed by atoms with Gasteiger partial charge in [-0.15, -0.1) is 0 Å². The van der Waals surface area contributed by atoms with Crippen LogP contribution in [0.2, 0.25) is 0 Å². The van der Waals surface area contributed by atoms with E-state index in [-0.39, 0.29) is 17.5 Å². The lowest BCUT2D eigenvalue weighted by molar-refractivity contribution is -0.138. The minimum absolute atomic E-state index is 0.175. The van der Waals surface area contributed by atoms with E-state index in [0.29, 0.717) is 12.8 Å². The molecule has 0 aromatic heterocycles. The van der Waals surface area contributed by atoms with Crippen molar-refractivity contribution in [3.05, 3.63) is 29.6 Å². The molecule has 1 saturated heterocycles. The number of nitrogens with one attached hydrogen (secondary N) is 1. The lowest BCUT2D eigenvalue weighted by Crippen LogP contribution is -2.69. The first-order valence-corrected chi connectivity index (χ1v) is 7.28. The van der Waals surface area contributed by atoms with Gasteiger partial charge in [0.25, 0.3) is 5.91 Å². The molecule has 1 unspecified atom stereocenters. The van der Waals surface area contributed by atoms with E-state index >= 15 is 0 Å². The molecule has 1 aromatic rings. The second-order valence-corrected chi connectivity index (χ2v) is 5.58. The van der Waals surface area contributed by atoms with Gasteiger partial charge in [-0.05, 0) is 44.4 Å². The molecule has 21 heavy (non-hydrogen) atoms. The Hall–Kier alpha value is -1.91. The molecule has 0 aliphatic carbocycles.